The van der Waals surface area contributed by atoms with E-state index in [9.17, 15) is 0 Å². The molecule has 0 unspecified atom stereocenters. The maximum Gasteiger partial charge on any atom is 0.124 e. The average Bonchev–Trinajstić information content (AvgIpc) is 3.42. The van der Waals surface area contributed by atoms with Crippen molar-refractivity contribution in [3.63, 3.8) is 0 Å². The van der Waals surface area contributed by atoms with E-state index in [1.807, 2.05) is 0 Å². The first-order valence-electron chi connectivity index (χ1n) is 11.6. The quantitative estimate of drug-likeness (QED) is 0.261. The van der Waals surface area contributed by atoms with Crippen LogP contribution in [0.4, 0.5) is 0 Å². The highest BCUT2D eigenvalue weighted by molar-refractivity contribution is 7.21. The fourth-order valence-electron chi connectivity index (χ4n) is 3.92. The van der Waals surface area contributed by atoms with Gasteiger partial charge in [0, 0.05) is 11.0 Å². The van der Waals surface area contributed by atoms with Crippen LogP contribution in [0.3, 0.4) is 0 Å². The third kappa shape index (κ3) is 4.22. The molecule has 33 heavy (non-hydrogen) atoms. The highest BCUT2D eigenvalue weighted by atomic mass is 32.1. The largest absolute Gasteiger partial charge is 0.241 e. The Labute approximate surface area is 204 Å². The zero-order chi connectivity index (χ0) is 23.4. The van der Waals surface area contributed by atoms with Crippen LogP contribution in [-0.2, 0) is 10.8 Å². The minimum Gasteiger partial charge on any atom is -0.241 e. The lowest BCUT2D eigenvalue weighted by molar-refractivity contribution is 0.506. The van der Waals surface area contributed by atoms with Gasteiger partial charge in [0.1, 0.15) is 5.01 Å². The van der Waals surface area contributed by atoms with Crippen molar-refractivity contribution in [2.45, 2.75) is 58.8 Å². The molecule has 168 valence electrons. The molecule has 0 spiro atoms. The number of aromatic nitrogens is 2. The van der Waals surface area contributed by atoms with Crippen LogP contribution in [0.25, 0.3) is 42.1 Å². The summed E-state index contributed by atoms with van der Waals surface area (Å²) >= 11 is 3.57. The van der Waals surface area contributed by atoms with Crippen LogP contribution >= 0.6 is 22.7 Å². The Morgan fingerprint density at radius 3 is 1.79 bits per heavy atom. The average molecular weight is 471 g/mol. The summed E-state index contributed by atoms with van der Waals surface area (Å²) in [7, 11) is 0. The van der Waals surface area contributed by atoms with Gasteiger partial charge in [-0.25, -0.2) is 9.97 Å². The van der Waals surface area contributed by atoms with Crippen LogP contribution in [0.5, 0.6) is 0 Å². The predicted octanol–water partition coefficient (Wildman–Crippen LogP) is 9.23. The molecular formula is C29H30N2S2. The van der Waals surface area contributed by atoms with E-state index in [1.54, 1.807) is 22.7 Å². The summed E-state index contributed by atoms with van der Waals surface area (Å²) in [5, 5.41) is 2.27. The molecule has 0 amide bonds. The van der Waals surface area contributed by atoms with Crippen molar-refractivity contribution in [1.29, 1.82) is 0 Å². The van der Waals surface area contributed by atoms with Crippen molar-refractivity contribution in [2.24, 2.45) is 0 Å². The molecule has 0 N–H and O–H groups in total. The zero-order valence-corrected chi connectivity index (χ0v) is 21.8. The first kappa shape index (κ1) is 22.2. The van der Waals surface area contributed by atoms with Gasteiger partial charge in [0.2, 0.25) is 0 Å². The Hall–Kier alpha value is -2.56. The van der Waals surface area contributed by atoms with E-state index in [0.29, 0.717) is 0 Å². The second kappa shape index (κ2) is 8.03. The zero-order valence-electron chi connectivity index (χ0n) is 20.2. The predicted molar refractivity (Wildman–Crippen MR) is 146 cm³/mol. The molecule has 0 bridgehead atoms. The van der Waals surface area contributed by atoms with Gasteiger partial charge in [-0.3, -0.25) is 0 Å². The van der Waals surface area contributed by atoms with Crippen LogP contribution in [0.15, 0.2) is 60.7 Å². The molecule has 0 aliphatic heterocycles. The Kier molecular flexibility index (Phi) is 5.42. The van der Waals surface area contributed by atoms with Crippen LogP contribution < -0.4 is 0 Å². The van der Waals surface area contributed by atoms with Gasteiger partial charge < -0.3 is 0 Å². The molecular weight excluding hydrogens is 440 g/mol. The van der Waals surface area contributed by atoms with Gasteiger partial charge in [0.25, 0.3) is 0 Å². The Balaban J connectivity index is 1.48. The van der Waals surface area contributed by atoms with Gasteiger partial charge in [-0.1, -0.05) is 77.9 Å². The molecule has 5 rings (SSSR count). The molecule has 4 heteroatoms. The van der Waals surface area contributed by atoms with E-state index in [4.69, 9.17) is 9.97 Å². The minimum atomic E-state index is 0.0757. The highest BCUT2D eigenvalue weighted by Gasteiger charge is 2.20. The Morgan fingerprint density at radius 2 is 1.21 bits per heavy atom. The minimum absolute atomic E-state index is 0.0757. The van der Waals surface area contributed by atoms with E-state index in [0.717, 1.165) is 22.5 Å². The van der Waals surface area contributed by atoms with Gasteiger partial charge in [-0.2, -0.15) is 0 Å². The maximum atomic E-state index is 4.92. The Morgan fingerprint density at radius 1 is 0.667 bits per heavy atom. The first-order chi connectivity index (χ1) is 15.6. The summed E-state index contributed by atoms with van der Waals surface area (Å²) in [4.78, 5) is 9.76. The second-order valence-electron chi connectivity index (χ2n) is 10.5. The van der Waals surface area contributed by atoms with E-state index < -0.39 is 0 Å². The smallest absolute Gasteiger partial charge is 0.124 e. The van der Waals surface area contributed by atoms with Gasteiger partial charge in [-0.15, -0.1) is 22.7 Å². The van der Waals surface area contributed by atoms with Crippen LogP contribution in [0.1, 0.15) is 58.5 Å². The molecule has 5 aromatic rings. The van der Waals surface area contributed by atoms with Crippen molar-refractivity contribution < 1.29 is 0 Å². The lowest BCUT2D eigenvalue weighted by Gasteiger charge is -2.23. The fourth-order valence-corrected chi connectivity index (χ4v) is 5.99. The maximum absolute atomic E-state index is 4.92. The molecule has 0 atom stereocenters. The summed E-state index contributed by atoms with van der Waals surface area (Å²) in [5.41, 5.74) is 7.45. The Bertz CT molecular complexity index is 1450. The molecule has 0 saturated carbocycles. The first-order valence-corrected chi connectivity index (χ1v) is 13.2. The number of benzene rings is 3. The van der Waals surface area contributed by atoms with E-state index >= 15 is 0 Å². The van der Waals surface area contributed by atoms with Crippen molar-refractivity contribution in [3.05, 3.63) is 71.2 Å². The lowest BCUT2D eigenvalue weighted by Crippen LogP contribution is -2.14. The molecule has 2 nitrogen and oxygen atoms in total. The topological polar surface area (TPSA) is 25.8 Å². The molecule has 0 aliphatic rings. The van der Waals surface area contributed by atoms with E-state index in [-0.39, 0.29) is 10.8 Å². The molecule has 0 saturated heterocycles. The molecule has 0 fully saturated rings. The standard InChI is InChI=1S/C29H30N2S2/c1-7-29(5,6)21-12-8-18(9-13-21)26-30-22-14-10-19(16-24(22)32-26)20-11-15-23-25(17-20)33-27(31-23)28(2,3)4/h8-17H,7H2,1-6H3. The second-order valence-corrected chi connectivity index (χ2v) is 12.5. The monoisotopic (exact) mass is 470 g/mol. The van der Waals surface area contributed by atoms with Gasteiger partial charge in [0.05, 0.1) is 25.4 Å². The lowest BCUT2D eigenvalue weighted by atomic mass is 9.82. The molecule has 0 radical (unpaired) electrons. The molecule has 0 aliphatic carbocycles. The number of hydrogen-bond acceptors (Lipinski definition) is 4. The summed E-state index contributed by atoms with van der Waals surface area (Å²) in [6.07, 6.45) is 1.13. The van der Waals surface area contributed by atoms with Crippen molar-refractivity contribution in [1.82, 2.24) is 9.97 Å². The highest BCUT2D eigenvalue weighted by Crippen LogP contribution is 2.37. The molecule has 2 aromatic heterocycles. The van der Waals surface area contributed by atoms with Crippen molar-refractivity contribution in [2.75, 3.05) is 0 Å². The summed E-state index contributed by atoms with van der Waals surface area (Å²) in [6, 6.07) is 22.2. The van der Waals surface area contributed by atoms with E-state index in [1.165, 1.54) is 36.7 Å². The number of hydrogen-bond donors (Lipinski definition) is 0. The SMILES string of the molecule is CCC(C)(C)c1ccc(-c2nc3ccc(-c4ccc5nc(C(C)(C)C)sc5c4)cc3s2)cc1. The number of thiazole rings is 2. The van der Waals surface area contributed by atoms with Crippen LogP contribution in [0, 0.1) is 0 Å². The fraction of sp³-hybridized carbons (Fsp3) is 0.310. The third-order valence-corrected chi connectivity index (χ3v) is 9.06. The van der Waals surface area contributed by atoms with Gasteiger partial charge >= 0.3 is 0 Å². The summed E-state index contributed by atoms with van der Waals surface area (Å²) in [5.74, 6) is 0. The van der Waals surface area contributed by atoms with Gasteiger partial charge in [0.15, 0.2) is 0 Å². The van der Waals surface area contributed by atoms with Crippen molar-refractivity contribution >= 4 is 43.1 Å². The number of rotatable bonds is 4. The van der Waals surface area contributed by atoms with Gasteiger partial charge in [-0.05, 0) is 52.8 Å². The summed E-state index contributed by atoms with van der Waals surface area (Å²) < 4.78 is 2.47. The summed E-state index contributed by atoms with van der Waals surface area (Å²) in [6.45, 7) is 13.5. The number of fused-ring (bicyclic) bond motifs is 2. The molecule has 3 aromatic carbocycles. The third-order valence-electron chi connectivity index (χ3n) is 6.55. The number of nitrogens with zero attached hydrogens (tertiary/aromatic N) is 2. The normalized spacial score (nSPS) is 12.7. The van der Waals surface area contributed by atoms with Crippen molar-refractivity contribution in [3.8, 4) is 21.7 Å². The van der Waals surface area contributed by atoms with E-state index in [2.05, 4.69) is 102 Å². The van der Waals surface area contributed by atoms with Crippen LogP contribution in [-0.4, -0.2) is 9.97 Å². The van der Waals surface area contributed by atoms with Crippen LogP contribution in [0.2, 0.25) is 0 Å². The molecule has 2 heterocycles.